The van der Waals surface area contributed by atoms with E-state index in [-0.39, 0.29) is 5.69 Å². The lowest BCUT2D eigenvalue weighted by atomic mass is 10.3. The summed E-state index contributed by atoms with van der Waals surface area (Å²) in [6.07, 6.45) is 3.24. The third kappa shape index (κ3) is 3.27. The van der Waals surface area contributed by atoms with Gasteiger partial charge in [-0.2, -0.15) is 5.10 Å². The molecule has 0 saturated heterocycles. The van der Waals surface area contributed by atoms with Gasteiger partial charge in [-0.1, -0.05) is 0 Å². The molecular formula is C12H12F2N4O. The number of anilines is 1. The van der Waals surface area contributed by atoms with Gasteiger partial charge in [-0.3, -0.25) is 5.10 Å². The Morgan fingerprint density at radius 1 is 1.47 bits per heavy atom. The first-order valence-electron chi connectivity index (χ1n) is 5.51. The van der Waals surface area contributed by atoms with Gasteiger partial charge in [0.15, 0.2) is 0 Å². The van der Waals surface area contributed by atoms with Crippen molar-refractivity contribution in [2.75, 3.05) is 12.4 Å². The molecule has 100 valence electrons. The van der Waals surface area contributed by atoms with E-state index in [1.165, 1.54) is 11.0 Å². The molecule has 0 aliphatic rings. The fourth-order valence-electron chi connectivity index (χ4n) is 1.51. The number of nitrogens with one attached hydrogen (secondary N) is 2. The normalized spacial score (nSPS) is 10.3. The molecule has 5 nitrogen and oxygen atoms in total. The lowest BCUT2D eigenvalue weighted by Crippen LogP contribution is -2.31. The van der Waals surface area contributed by atoms with Crippen LogP contribution in [0.3, 0.4) is 0 Å². The van der Waals surface area contributed by atoms with Gasteiger partial charge in [0.2, 0.25) is 0 Å². The number of hydrogen-bond acceptors (Lipinski definition) is 2. The van der Waals surface area contributed by atoms with Crippen molar-refractivity contribution in [2.24, 2.45) is 0 Å². The average molecular weight is 266 g/mol. The zero-order valence-corrected chi connectivity index (χ0v) is 10.2. The second-order valence-electron chi connectivity index (χ2n) is 4.02. The first-order valence-corrected chi connectivity index (χ1v) is 5.51. The fraction of sp³-hybridized carbons (Fsp3) is 0.167. The molecule has 2 amide bonds. The summed E-state index contributed by atoms with van der Waals surface area (Å²) in [5, 5.41) is 8.75. The Hall–Kier alpha value is -2.44. The van der Waals surface area contributed by atoms with Gasteiger partial charge >= 0.3 is 6.03 Å². The molecule has 2 N–H and O–H groups in total. The monoisotopic (exact) mass is 266 g/mol. The van der Waals surface area contributed by atoms with Crippen LogP contribution >= 0.6 is 0 Å². The summed E-state index contributed by atoms with van der Waals surface area (Å²) in [6.45, 7) is 0.325. The predicted molar refractivity (Wildman–Crippen MR) is 65.4 cm³/mol. The van der Waals surface area contributed by atoms with Crippen LogP contribution in [-0.4, -0.2) is 28.2 Å². The summed E-state index contributed by atoms with van der Waals surface area (Å²) >= 11 is 0. The minimum Gasteiger partial charge on any atom is -0.323 e. The maximum atomic E-state index is 13.4. The molecule has 19 heavy (non-hydrogen) atoms. The van der Waals surface area contributed by atoms with Crippen LogP contribution in [0.4, 0.5) is 19.3 Å². The zero-order valence-electron chi connectivity index (χ0n) is 10.2. The number of H-pyrrole nitrogens is 1. The lowest BCUT2D eigenvalue weighted by Gasteiger charge is -2.17. The molecule has 0 spiro atoms. The Labute approximate surface area is 108 Å². The highest BCUT2D eigenvalue weighted by Gasteiger charge is 2.12. The van der Waals surface area contributed by atoms with Crippen molar-refractivity contribution >= 4 is 11.7 Å². The molecule has 0 bridgehead atoms. The van der Waals surface area contributed by atoms with E-state index in [0.29, 0.717) is 12.6 Å². The van der Waals surface area contributed by atoms with Crippen molar-refractivity contribution in [3.8, 4) is 0 Å². The molecule has 7 heteroatoms. The van der Waals surface area contributed by atoms with Crippen LogP contribution in [0.5, 0.6) is 0 Å². The smallest absolute Gasteiger partial charge is 0.321 e. The summed E-state index contributed by atoms with van der Waals surface area (Å²) in [5.74, 6) is -1.51. The van der Waals surface area contributed by atoms with Gasteiger partial charge in [-0.15, -0.1) is 0 Å². The van der Waals surface area contributed by atoms with Crippen molar-refractivity contribution in [3.05, 3.63) is 47.8 Å². The van der Waals surface area contributed by atoms with E-state index in [9.17, 15) is 13.6 Å². The van der Waals surface area contributed by atoms with Gasteiger partial charge in [0.05, 0.1) is 18.4 Å². The minimum absolute atomic E-state index is 0.0644. The van der Waals surface area contributed by atoms with Crippen LogP contribution < -0.4 is 5.32 Å². The molecule has 0 saturated carbocycles. The van der Waals surface area contributed by atoms with Crippen molar-refractivity contribution in [3.63, 3.8) is 0 Å². The number of nitrogens with zero attached hydrogens (tertiary/aromatic N) is 2. The molecule has 2 aromatic rings. The minimum atomic E-state index is -0.815. The molecule has 2 rings (SSSR count). The number of urea groups is 1. The topological polar surface area (TPSA) is 61.0 Å². The first kappa shape index (κ1) is 13.0. The summed E-state index contributed by atoms with van der Waals surface area (Å²) < 4.78 is 26.1. The molecule has 1 aromatic carbocycles. The maximum Gasteiger partial charge on any atom is 0.321 e. The van der Waals surface area contributed by atoms with E-state index in [4.69, 9.17) is 0 Å². The third-order valence-electron chi connectivity index (χ3n) is 2.49. The van der Waals surface area contributed by atoms with Crippen LogP contribution in [0.1, 0.15) is 5.56 Å². The Balaban J connectivity index is 2.00. The van der Waals surface area contributed by atoms with Gasteiger partial charge in [0.1, 0.15) is 11.6 Å². The summed E-state index contributed by atoms with van der Waals surface area (Å²) in [5.41, 5.74) is 0.752. The number of carbonyl (C=O) groups excluding carboxylic acids is 1. The van der Waals surface area contributed by atoms with E-state index in [1.54, 1.807) is 19.4 Å². The second kappa shape index (κ2) is 5.47. The van der Waals surface area contributed by atoms with E-state index >= 15 is 0 Å². The molecule has 1 aromatic heterocycles. The van der Waals surface area contributed by atoms with Crippen LogP contribution in [0.25, 0.3) is 0 Å². The van der Waals surface area contributed by atoms with Crippen molar-refractivity contribution in [1.82, 2.24) is 15.1 Å². The second-order valence-corrected chi connectivity index (χ2v) is 4.02. The molecule has 0 atom stereocenters. The molecule has 1 heterocycles. The van der Waals surface area contributed by atoms with Gasteiger partial charge in [0.25, 0.3) is 0 Å². The number of halogens is 2. The predicted octanol–water partition coefficient (Wildman–Crippen LogP) is 2.35. The largest absolute Gasteiger partial charge is 0.323 e. The number of hydrogen-bond donors (Lipinski definition) is 2. The highest BCUT2D eigenvalue weighted by atomic mass is 19.1. The maximum absolute atomic E-state index is 13.4. The Kier molecular flexibility index (Phi) is 3.74. The van der Waals surface area contributed by atoms with E-state index < -0.39 is 17.7 Å². The first-order chi connectivity index (χ1) is 9.06. The number of amides is 2. The number of benzene rings is 1. The molecular weight excluding hydrogens is 254 g/mol. The van der Waals surface area contributed by atoms with Gasteiger partial charge < -0.3 is 10.2 Å². The quantitative estimate of drug-likeness (QED) is 0.895. The fourth-order valence-corrected chi connectivity index (χ4v) is 1.51. The van der Waals surface area contributed by atoms with E-state index in [2.05, 4.69) is 15.5 Å². The van der Waals surface area contributed by atoms with Gasteiger partial charge in [0, 0.05) is 24.9 Å². The molecule has 0 unspecified atom stereocenters. The van der Waals surface area contributed by atoms with Gasteiger partial charge in [-0.25, -0.2) is 13.6 Å². The Morgan fingerprint density at radius 3 is 2.89 bits per heavy atom. The SMILES string of the molecule is CN(Cc1cn[nH]c1)C(=O)Nc1ccc(F)cc1F. The third-order valence-corrected chi connectivity index (χ3v) is 2.49. The molecule has 0 fully saturated rings. The average Bonchev–Trinajstić information content (AvgIpc) is 2.85. The molecule has 0 aliphatic carbocycles. The van der Waals surface area contributed by atoms with Crippen LogP contribution in [0.2, 0.25) is 0 Å². The highest BCUT2D eigenvalue weighted by molar-refractivity contribution is 5.89. The Bertz CT molecular complexity index is 571. The number of aromatic amines is 1. The van der Waals surface area contributed by atoms with Crippen LogP contribution in [-0.2, 0) is 6.54 Å². The van der Waals surface area contributed by atoms with E-state index in [0.717, 1.165) is 11.6 Å². The summed E-state index contributed by atoms with van der Waals surface area (Å²) in [4.78, 5) is 13.2. The standard InChI is InChI=1S/C12H12F2N4O/c1-18(7-8-5-15-16-6-8)12(19)17-11-3-2-9(13)4-10(11)14/h2-6H,7H2,1H3,(H,15,16)(H,17,19). The highest BCUT2D eigenvalue weighted by Crippen LogP contribution is 2.15. The number of aromatic nitrogens is 2. The number of carbonyl (C=O) groups is 1. The van der Waals surface area contributed by atoms with Crippen LogP contribution in [0.15, 0.2) is 30.6 Å². The zero-order chi connectivity index (χ0) is 13.8. The van der Waals surface area contributed by atoms with Crippen molar-refractivity contribution in [1.29, 1.82) is 0 Å². The number of rotatable bonds is 3. The van der Waals surface area contributed by atoms with Crippen LogP contribution in [0, 0.1) is 11.6 Å². The summed E-state index contributed by atoms with van der Waals surface area (Å²) in [7, 11) is 1.56. The molecule has 0 aliphatic heterocycles. The lowest BCUT2D eigenvalue weighted by molar-refractivity contribution is 0.220. The molecule has 0 radical (unpaired) electrons. The van der Waals surface area contributed by atoms with Crippen molar-refractivity contribution in [2.45, 2.75) is 6.54 Å². The van der Waals surface area contributed by atoms with E-state index in [1.807, 2.05) is 0 Å². The Morgan fingerprint density at radius 2 is 2.26 bits per heavy atom. The van der Waals surface area contributed by atoms with Crippen molar-refractivity contribution < 1.29 is 13.6 Å². The van der Waals surface area contributed by atoms with Gasteiger partial charge in [-0.05, 0) is 12.1 Å². The summed E-state index contributed by atoms with van der Waals surface area (Å²) in [6, 6.07) is 2.47.